The van der Waals surface area contributed by atoms with Gasteiger partial charge < -0.3 is 9.84 Å². The van der Waals surface area contributed by atoms with E-state index in [1.165, 1.54) is 17.1 Å². The van der Waals surface area contributed by atoms with Gasteiger partial charge >= 0.3 is 5.97 Å². The van der Waals surface area contributed by atoms with Gasteiger partial charge in [-0.25, -0.2) is 14.4 Å². The predicted octanol–water partition coefficient (Wildman–Crippen LogP) is 5.36. The quantitative estimate of drug-likeness (QED) is 0.344. The zero-order chi connectivity index (χ0) is 24.2. The zero-order valence-corrected chi connectivity index (χ0v) is 19.3. The summed E-state index contributed by atoms with van der Waals surface area (Å²) in [6.45, 7) is 0. The van der Waals surface area contributed by atoms with Crippen molar-refractivity contribution in [3.63, 3.8) is 0 Å². The number of carboxylic acids is 1. The van der Waals surface area contributed by atoms with E-state index in [2.05, 4.69) is 10.1 Å². The zero-order valence-electron chi connectivity index (χ0n) is 18.5. The van der Waals surface area contributed by atoms with E-state index in [9.17, 15) is 14.0 Å². The highest BCUT2D eigenvalue weighted by Crippen LogP contribution is 2.38. The number of unbranched alkanes of at least 4 members (excludes halogenated alkanes) is 1. The average Bonchev–Trinajstić information content (AvgIpc) is 3.26. The Bertz CT molecular complexity index is 1260. The van der Waals surface area contributed by atoms with Crippen LogP contribution >= 0.6 is 11.6 Å². The molecule has 2 aromatic carbocycles. The lowest BCUT2D eigenvalue weighted by molar-refractivity contribution is -0.138. The van der Waals surface area contributed by atoms with Crippen LogP contribution in [0.2, 0.25) is 5.15 Å². The number of hydrogen-bond acceptors (Lipinski definition) is 5. The van der Waals surface area contributed by atoms with E-state index in [-0.39, 0.29) is 29.7 Å². The number of halogens is 2. The summed E-state index contributed by atoms with van der Waals surface area (Å²) in [4.78, 5) is 28.4. The molecular formula is C25H23ClFN3O4. The van der Waals surface area contributed by atoms with Gasteiger partial charge in [-0.15, -0.1) is 0 Å². The van der Waals surface area contributed by atoms with Gasteiger partial charge in [0, 0.05) is 36.3 Å². The van der Waals surface area contributed by atoms with Gasteiger partial charge in [0.1, 0.15) is 16.7 Å². The highest BCUT2D eigenvalue weighted by atomic mass is 35.5. The Morgan fingerprint density at radius 1 is 1.15 bits per heavy atom. The number of pyridine rings is 1. The van der Waals surface area contributed by atoms with Gasteiger partial charge in [-0.3, -0.25) is 9.59 Å². The van der Waals surface area contributed by atoms with Crippen LogP contribution in [0, 0.1) is 5.82 Å². The third kappa shape index (κ3) is 5.17. The van der Waals surface area contributed by atoms with Gasteiger partial charge in [-0.05, 0) is 48.7 Å². The molecule has 1 aromatic heterocycles. The van der Waals surface area contributed by atoms with E-state index in [1.54, 1.807) is 25.3 Å². The van der Waals surface area contributed by atoms with Gasteiger partial charge in [0.15, 0.2) is 0 Å². The first kappa shape index (κ1) is 23.6. The van der Waals surface area contributed by atoms with Crippen molar-refractivity contribution < 1.29 is 23.8 Å². The first-order valence-corrected chi connectivity index (χ1v) is 11.2. The van der Waals surface area contributed by atoms with Crippen molar-refractivity contribution in [3.05, 3.63) is 70.6 Å². The maximum absolute atomic E-state index is 13.4. The molecule has 1 N–H and O–H groups in total. The molecule has 1 amide bonds. The number of carbonyl (C=O) groups is 2. The molecule has 9 heteroatoms. The monoisotopic (exact) mass is 483 g/mol. The molecule has 1 aliphatic heterocycles. The van der Waals surface area contributed by atoms with Crippen LogP contribution in [0.4, 0.5) is 4.39 Å². The molecule has 34 heavy (non-hydrogen) atoms. The van der Waals surface area contributed by atoms with E-state index < -0.39 is 12.0 Å². The fourth-order valence-electron chi connectivity index (χ4n) is 3.97. The van der Waals surface area contributed by atoms with Gasteiger partial charge in [-0.1, -0.05) is 23.7 Å². The lowest BCUT2D eigenvalue weighted by Gasteiger charge is -2.23. The van der Waals surface area contributed by atoms with Crippen molar-refractivity contribution in [2.24, 2.45) is 5.10 Å². The minimum absolute atomic E-state index is 0.00465. The Balaban J connectivity index is 1.66. The predicted molar refractivity (Wildman–Crippen MR) is 127 cm³/mol. The van der Waals surface area contributed by atoms with Crippen molar-refractivity contribution in [1.82, 2.24) is 9.99 Å². The molecule has 2 heterocycles. The number of nitrogens with zero attached hydrogens (tertiary/aromatic N) is 3. The topological polar surface area (TPSA) is 92.1 Å². The van der Waals surface area contributed by atoms with Gasteiger partial charge in [0.2, 0.25) is 5.91 Å². The molecule has 7 nitrogen and oxygen atoms in total. The fourth-order valence-corrected chi connectivity index (χ4v) is 4.24. The molecule has 1 atom stereocenters. The second-order valence-electron chi connectivity index (χ2n) is 8.04. The number of rotatable bonds is 8. The molecule has 176 valence electrons. The Labute approximate surface area is 200 Å². The molecule has 0 bridgehead atoms. The third-order valence-corrected chi connectivity index (χ3v) is 6.04. The van der Waals surface area contributed by atoms with Gasteiger partial charge in [0.05, 0.1) is 24.4 Å². The normalized spacial score (nSPS) is 15.4. The number of fused-ring (bicyclic) bond motifs is 1. The summed E-state index contributed by atoms with van der Waals surface area (Å²) in [5.41, 5.74) is 2.66. The minimum Gasteiger partial charge on any atom is -0.497 e. The van der Waals surface area contributed by atoms with Crippen molar-refractivity contribution in [3.8, 4) is 5.75 Å². The SMILES string of the molecule is COc1ccc2cc(C3CC(c4ccc(F)cc4)=NN3C(=O)CCCCC(=O)O)c(Cl)nc2c1. The number of carboxylic acid groups (broad SMARTS) is 1. The lowest BCUT2D eigenvalue weighted by Crippen LogP contribution is -2.27. The van der Waals surface area contributed by atoms with E-state index in [4.69, 9.17) is 21.4 Å². The van der Waals surface area contributed by atoms with E-state index in [0.717, 1.165) is 5.39 Å². The molecule has 0 aliphatic carbocycles. The summed E-state index contributed by atoms with van der Waals surface area (Å²) < 4.78 is 18.7. The molecular weight excluding hydrogens is 461 g/mol. The molecule has 3 aromatic rings. The van der Waals surface area contributed by atoms with Crippen molar-refractivity contribution in [2.75, 3.05) is 7.11 Å². The number of amides is 1. The molecule has 0 saturated carbocycles. The van der Waals surface area contributed by atoms with Crippen LogP contribution < -0.4 is 4.74 Å². The number of methoxy groups -OCH3 is 1. The number of hydrazone groups is 1. The fraction of sp³-hybridized carbons (Fsp3) is 0.280. The molecule has 1 unspecified atom stereocenters. The summed E-state index contributed by atoms with van der Waals surface area (Å²) in [7, 11) is 1.57. The van der Waals surface area contributed by atoms with Crippen LogP contribution in [0.15, 0.2) is 53.6 Å². The summed E-state index contributed by atoms with van der Waals surface area (Å²) in [5.74, 6) is -0.834. The minimum atomic E-state index is -0.895. The average molecular weight is 484 g/mol. The molecule has 0 saturated heterocycles. The Hall–Kier alpha value is -3.52. The molecule has 0 fully saturated rings. The molecule has 1 aliphatic rings. The second-order valence-corrected chi connectivity index (χ2v) is 8.40. The van der Waals surface area contributed by atoms with Crippen LogP contribution in [0.3, 0.4) is 0 Å². The number of ether oxygens (including phenoxy) is 1. The number of hydrogen-bond donors (Lipinski definition) is 1. The highest BCUT2D eigenvalue weighted by molar-refractivity contribution is 6.30. The van der Waals surface area contributed by atoms with Crippen LogP contribution in [-0.2, 0) is 9.59 Å². The Kier molecular flexibility index (Phi) is 7.07. The highest BCUT2D eigenvalue weighted by Gasteiger charge is 2.34. The molecule has 0 radical (unpaired) electrons. The summed E-state index contributed by atoms with van der Waals surface area (Å²) in [6.07, 6.45) is 1.37. The van der Waals surface area contributed by atoms with Crippen molar-refractivity contribution >= 4 is 40.1 Å². The maximum atomic E-state index is 13.4. The van der Waals surface area contributed by atoms with Crippen molar-refractivity contribution in [2.45, 2.75) is 38.1 Å². The third-order valence-electron chi connectivity index (χ3n) is 5.74. The van der Waals surface area contributed by atoms with Crippen LogP contribution in [0.1, 0.15) is 49.3 Å². The first-order valence-electron chi connectivity index (χ1n) is 10.9. The van der Waals surface area contributed by atoms with Crippen LogP contribution in [0.5, 0.6) is 5.75 Å². The summed E-state index contributed by atoms with van der Waals surface area (Å²) in [6, 6.07) is 12.8. The number of aromatic nitrogens is 1. The summed E-state index contributed by atoms with van der Waals surface area (Å²) >= 11 is 6.57. The maximum Gasteiger partial charge on any atom is 0.303 e. The number of benzene rings is 2. The Morgan fingerprint density at radius 3 is 2.59 bits per heavy atom. The van der Waals surface area contributed by atoms with Crippen LogP contribution in [0.25, 0.3) is 10.9 Å². The smallest absolute Gasteiger partial charge is 0.303 e. The van der Waals surface area contributed by atoms with E-state index >= 15 is 0 Å². The van der Waals surface area contributed by atoms with Gasteiger partial charge in [0.25, 0.3) is 0 Å². The van der Waals surface area contributed by atoms with Gasteiger partial charge in [-0.2, -0.15) is 5.10 Å². The number of aliphatic carboxylic acids is 1. The second kappa shape index (κ2) is 10.2. The molecule has 4 rings (SSSR count). The number of carbonyl (C=O) groups excluding carboxylic acids is 1. The Morgan fingerprint density at radius 2 is 1.88 bits per heavy atom. The largest absolute Gasteiger partial charge is 0.497 e. The summed E-state index contributed by atoms with van der Waals surface area (Å²) in [5, 5.41) is 15.9. The van der Waals surface area contributed by atoms with E-state index in [0.29, 0.717) is 47.4 Å². The van der Waals surface area contributed by atoms with Crippen LogP contribution in [-0.4, -0.2) is 39.8 Å². The lowest BCUT2D eigenvalue weighted by atomic mass is 9.98. The first-order chi connectivity index (χ1) is 16.4. The standard InChI is InChI=1S/C25H23ClFN3O4/c1-34-18-11-8-16-12-19(25(26)28-20(16)13-18)22-14-21(15-6-9-17(27)10-7-15)29-30(22)23(31)4-2-3-5-24(32)33/h6-13,22H,2-5,14H2,1H3,(H,32,33). The van der Waals surface area contributed by atoms with Crippen molar-refractivity contribution in [1.29, 1.82) is 0 Å². The van der Waals surface area contributed by atoms with E-state index in [1.807, 2.05) is 18.2 Å². The molecule has 0 spiro atoms.